The predicted octanol–water partition coefficient (Wildman–Crippen LogP) is 3.65. The van der Waals surface area contributed by atoms with Crippen LogP contribution in [0.1, 0.15) is 58.9 Å². The Morgan fingerprint density at radius 1 is 1.23 bits per heavy atom. The Kier molecular flexibility index (Phi) is 7.05. The third kappa shape index (κ3) is 5.02. The standard InChI is InChI=1S/C31H37FN2O6/c1-18-13-24(37)8-5-20(18)16-34-28(38)25-14-22(29(3,4)39)15-26(32)27(25)31(34,21-6-9-23(36)10-7-21)40-17-30(11-12-30)33-19(2)35/h5-7,9-10,13-14,22,24,36-37,39H,8,11-12,15-17H2,1-4H3,(H,33,35)/t22?,24?,31-/m1/s1. The number of aromatic hydroxyl groups is 1. The van der Waals surface area contributed by atoms with E-state index in [-0.39, 0.29) is 42.4 Å². The summed E-state index contributed by atoms with van der Waals surface area (Å²) in [6, 6.07) is 6.16. The van der Waals surface area contributed by atoms with Crippen LogP contribution in [0, 0.1) is 5.92 Å². The first-order chi connectivity index (χ1) is 18.8. The topological polar surface area (TPSA) is 119 Å². The zero-order chi connectivity index (χ0) is 29.0. The van der Waals surface area contributed by atoms with Crippen LogP contribution in [0.2, 0.25) is 0 Å². The largest absolute Gasteiger partial charge is 0.508 e. The van der Waals surface area contributed by atoms with Crippen LogP contribution < -0.4 is 5.32 Å². The van der Waals surface area contributed by atoms with Crippen LogP contribution in [0.5, 0.6) is 5.75 Å². The van der Waals surface area contributed by atoms with Gasteiger partial charge in [0.1, 0.15) is 11.6 Å². The van der Waals surface area contributed by atoms with Crippen LogP contribution in [-0.2, 0) is 20.1 Å². The fourth-order valence-corrected chi connectivity index (χ4v) is 5.93. The minimum atomic E-state index is -1.70. The molecule has 1 heterocycles. The number of nitrogens with one attached hydrogen (secondary N) is 1. The zero-order valence-corrected chi connectivity index (χ0v) is 23.3. The van der Waals surface area contributed by atoms with Gasteiger partial charge in [-0.2, -0.15) is 0 Å². The first kappa shape index (κ1) is 28.3. The Morgan fingerprint density at radius 3 is 2.48 bits per heavy atom. The van der Waals surface area contributed by atoms with E-state index in [2.05, 4.69) is 5.32 Å². The number of allylic oxidation sites excluding steroid dienone is 1. The van der Waals surface area contributed by atoms with Crippen LogP contribution in [0.4, 0.5) is 4.39 Å². The lowest BCUT2D eigenvalue weighted by Gasteiger charge is -2.41. The summed E-state index contributed by atoms with van der Waals surface area (Å²) in [7, 11) is 0. The Balaban J connectivity index is 1.68. The molecule has 1 saturated heterocycles. The summed E-state index contributed by atoms with van der Waals surface area (Å²) in [6.45, 7) is 6.56. The van der Waals surface area contributed by atoms with Crippen molar-refractivity contribution in [3.05, 3.63) is 76.2 Å². The van der Waals surface area contributed by atoms with E-state index in [9.17, 15) is 24.9 Å². The maximum absolute atomic E-state index is 16.4. The molecule has 4 aliphatic rings. The van der Waals surface area contributed by atoms with Crippen LogP contribution in [0.15, 0.2) is 70.6 Å². The molecule has 3 aliphatic carbocycles. The lowest BCUT2D eigenvalue weighted by Crippen LogP contribution is -2.50. The molecule has 4 N–H and O–H groups in total. The Hall–Kier alpha value is -3.27. The number of likely N-dealkylation sites (tertiary alicyclic amines) is 1. The molecule has 0 aromatic heterocycles. The second kappa shape index (κ2) is 9.98. The van der Waals surface area contributed by atoms with Crippen molar-refractivity contribution in [2.45, 2.75) is 76.3 Å². The number of ether oxygens (including phenoxy) is 1. The first-order valence-electron chi connectivity index (χ1n) is 13.7. The highest BCUT2D eigenvalue weighted by molar-refractivity contribution is 6.04. The van der Waals surface area contributed by atoms with Crippen LogP contribution in [0.3, 0.4) is 0 Å². The van der Waals surface area contributed by atoms with E-state index in [0.29, 0.717) is 24.8 Å². The molecule has 1 aromatic rings. The molecule has 8 nitrogen and oxygen atoms in total. The summed E-state index contributed by atoms with van der Waals surface area (Å²) < 4.78 is 23.1. The Bertz CT molecular complexity index is 1350. The molecular weight excluding hydrogens is 515 g/mol. The number of amides is 2. The van der Waals surface area contributed by atoms with E-state index in [1.807, 2.05) is 13.0 Å². The monoisotopic (exact) mass is 552 g/mol. The quantitative estimate of drug-likeness (QED) is 0.391. The number of carbonyl (C=O) groups excluding carboxylic acids is 2. The van der Waals surface area contributed by atoms with E-state index in [1.54, 1.807) is 38.1 Å². The number of phenolic OH excluding ortho intramolecular Hbond substituents is 1. The van der Waals surface area contributed by atoms with Gasteiger partial charge in [-0.1, -0.05) is 30.4 Å². The molecule has 214 valence electrons. The van der Waals surface area contributed by atoms with Crippen molar-refractivity contribution in [1.29, 1.82) is 0 Å². The molecule has 3 atom stereocenters. The molecule has 1 aromatic carbocycles. The zero-order valence-electron chi connectivity index (χ0n) is 23.3. The molecule has 2 unspecified atom stereocenters. The van der Waals surface area contributed by atoms with E-state index in [1.165, 1.54) is 24.0 Å². The summed E-state index contributed by atoms with van der Waals surface area (Å²) in [5.41, 5.74) is -1.32. The van der Waals surface area contributed by atoms with E-state index in [0.717, 1.165) is 11.1 Å². The van der Waals surface area contributed by atoms with Crippen LogP contribution in [-0.4, -0.2) is 62.4 Å². The molecule has 1 saturated carbocycles. The lowest BCUT2D eigenvalue weighted by atomic mass is 9.78. The molecular formula is C31H37FN2O6. The van der Waals surface area contributed by atoms with Gasteiger partial charge < -0.3 is 25.4 Å². The van der Waals surface area contributed by atoms with E-state index in [4.69, 9.17) is 4.74 Å². The number of nitrogens with zero attached hydrogens (tertiary/aromatic N) is 1. The Labute approximate surface area is 233 Å². The normalized spacial score (nSPS) is 27.6. The SMILES string of the molecule is CC(=O)NC1(CO[C@]2(c3ccc(O)cc3)C3=C(F)CC(C(C)(C)O)C=C3C(=O)N2CC2=CCC(O)C=C2C)CC1. The number of carbonyl (C=O) groups is 2. The number of hydrogen-bond donors (Lipinski definition) is 4. The molecule has 2 fully saturated rings. The third-order valence-electron chi connectivity index (χ3n) is 8.40. The first-order valence-corrected chi connectivity index (χ1v) is 13.7. The summed E-state index contributed by atoms with van der Waals surface area (Å²) in [5, 5.41) is 33.9. The van der Waals surface area contributed by atoms with Gasteiger partial charge in [-0.15, -0.1) is 0 Å². The van der Waals surface area contributed by atoms with Gasteiger partial charge in [-0.3, -0.25) is 14.5 Å². The smallest absolute Gasteiger partial charge is 0.257 e. The van der Waals surface area contributed by atoms with Gasteiger partial charge in [0.15, 0.2) is 5.72 Å². The highest BCUT2D eigenvalue weighted by atomic mass is 19.1. The van der Waals surface area contributed by atoms with Crippen molar-refractivity contribution in [1.82, 2.24) is 10.2 Å². The molecule has 0 bridgehead atoms. The fraction of sp³-hybridized carbons (Fsp3) is 0.484. The van der Waals surface area contributed by atoms with E-state index >= 15 is 4.39 Å². The number of aliphatic hydroxyl groups excluding tert-OH is 1. The number of halogens is 1. The van der Waals surface area contributed by atoms with Gasteiger partial charge in [-0.25, -0.2) is 4.39 Å². The molecule has 9 heteroatoms. The van der Waals surface area contributed by atoms with Gasteiger partial charge in [0, 0.05) is 36.9 Å². The average molecular weight is 553 g/mol. The molecule has 0 spiro atoms. The van der Waals surface area contributed by atoms with Gasteiger partial charge in [-0.05, 0) is 63.3 Å². The third-order valence-corrected chi connectivity index (χ3v) is 8.40. The van der Waals surface area contributed by atoms with E-state index < -0.39 is 40.6 Å². The number of phenols is 1. The molecule has 5 rings (SSSR count). The highest BCUT2D eigenvalue weighted by Crippen LogP contribution is 2.54. The number of benzene rings is 1. The van der Waals surface area contributed by atoms with Gasteiger partial charge in [0.2, 0.25) is 5.91 Å². The van der Waals surface area contributed by atoms with Crippen molar-refractivity contribution >= 4 is 11.8 Å². The minimum Gasteiger partial charge on any atom is -0.508 e. The van der Waals surface area contributed by atoms with Crippen molar-refractivity contribution < 1.29 is 34.0 Å². The molecule has 0 radical (unpaired) electrons. The van der Waals surface area contributed by atoms with Gasteiger partial charge in [0.25, 0.3) is 5.91 Å². The summed E-state index contributed by atoms with van der Waals surface area (Å²) in [4.78, 5) is 27.7. The molecule has 2 amide bonds. The number of rotatable bonds is 8. The number of aliphatic hydroxyl groups is 2. The second-order valence-corrected chi connectivity index (χ2v) is 12.0. The number of hydrogen-bond acceptors (Lipinski definition) is 6. The van der Waals surface area contributed by atoms with Crippen molar-refractivity contribution in [2.75, 3.05) is 13.2 Å². The lowest BCUT2D eigenvalue weighted by molar-refractivity contribution is -0.157. The molecule has 40 heavy (non-hydrogen) atoms. The van der Waals surface area contributed by atoms with Crippen molar-refractivity contribution in [3.63, 3.8) is 0 Å². The second-order valence-electron chi connectivity index (χ2n) is 12.0. The van der Waals surface area contributed by atoms with Crippen molar-refractivity contribution in [3.8, 4) is 5.75 Å². The predicted molar refractivity (Wildman–Crippen MR) is 146 cm³/mol. The average Bonchev–Trinajstić information content (AvgIpc) is 3.58. The summed E-state index contributed by atoms with van der Waals surface area (Å²) >= 11 is 0. The summed E-state index contributed by atoms with van der Waals surface area (Å²) in [5.74, 6) is -1.84. The maximum atomic E-state index is 16.4. The van der Waals surface area contributed by atoms with Gasteiger partial charge >= 0.3 is 0 Å². The van der Waals surface area contributed by atoms with Gasteiger partial charge in [0.05, 0.1) is 29.4 Å². The maximum Gasteiger partial charge on any atom is 0.257 e. The summed E-state index contributed by atoms with van der Waals surface area (Å²) in [6.07, 6.45) is 6.25. The molecule has 1 aliphatic heterocycles. The minimum absolute atomic E-state index is 0.00499. The van der Waals surface area contributed by atoms with Crippen molar-refractivity contribution in [2.24, 2.45) is 5.92 Å². The Morgan fingerprint density at radius 2 is 1.90 bits per heavy atom. The number of fused-ring (bicyclic) bond motifs is 1. The highest BCUT2D eigenvalue weighted by Gasteiger charge is 2.59. The van der Waals surface area contributed by atoms with Crippen LogP contribution in [0.25, 0.3) is 0 Å². The fourth-order valence-electron chi connectivity index (χ4n) is 5.93. The van der Waals surface area contributed by atoms with Crippen LogP contribution >= 0.6 is 0 Å².